The summed E-state index contributed by atoms with van der Waals surface area (Å²) in [5, 5.41) is 18.4. The van der Waals surface area contributed by atoms with Crippen LogP contribution in [0.15, 0.2) is 34.5 Å². The molecule has 0 fully saturated rings. The molecule has 0 N–H and O–H groups in total. The summed E-state index contributed by atoms with van der Waals surface area (Å²) in [6.45, 7) is 1.86. The van der Waals surface area contributed by atoms with Crippen LogP contribution in [0.1, 0.15) is 10.7 Å². The largest absolute Gasteiger partial charge is 0.497 e. The van der Waals surface area contributed by atoms with Crippen LogP contribution in [0.3, 0.4) is 0 Å². The van der Waals surface area contributed by atoms with Crippen molar-refractivity contribution in [3.63, 3.8) is 0 Å². The van der Waals surface area contributed by atoms with Gasteiger partial charge in [0, 0.05) is 0 Å². The van der Waals surface area contributed by atoms with E-state index in [0.717, 1.165) is 27.1 Å². The number of nitrogens with zero attached hydrogens (tertiary/aromatic N) is 4. The second-order valence-electron chi connectivity index (χ2n) is 3.73. The maximum Gasteiger partial charge on any atom is 0.161 e. The van der Waals surface area contributed by atoms with Crippen molar-refractivity contribution in [2.75, 3.05) is 7.11 Å². The second kappa shape index (κ2) is 6.07. The molecule has 0 radical (unpaired) electrons. The van der Waals surface area contributed by atoms with Crippen LogP contribution >= 0.6 is 11.3 Å². The number of aromatic nitrogens is 1. The predicted molar refractivity (Wildman–Crippen MR) is 73.3 cm³/mol. The van der Waals surface area contributed by atoms with Crippen molar-refractivity contribution in [1.29, 1.82) is 5.26 Å². The Labute approximate surface area is 115 Å². The summed E-state index contributed by atoms with van der Waals surface area (Å²) in [4.78, 5) is 4.26. The third-order valence-corrected chi connectivity index (χ3v) is 3.42. The van der Waals surface area contributed by atoms with Gasteiger partial charge in [0.15, 0.2) is 5.00 Å². The standard InChI is InChI=1S/C13H12N4OS/c1-9-13(19-12(15-9)7-8-14)17-16-10-3-5-11(18-2)6-4-10/h3-6H,7H2,1-2H3. The summed E-state index contributed by atoms with van der Waals surface area (Å²) in [6, 6.07) is 9.39. The topological polar surface area (TPSA) is 70.6 Å². The van der Waals surface area contributed by atoms with E-state index in [1.165, 1.54) is 11.3 Å². The Kier molecular flexibility index (Phi) is 4.21. The van der Waals surface area contributed by atoms with Crippen molar-refractivity contribution in [1.82, 2.24) is 4.98 Å². The quantitative estimate of drug-likeness (QED) is 0.791. The zero-order valence-corrected chi connectivity index (χ0v) is 11.4. The minimum atomic E-state index is 0.309. The molecular weight excluding hydrogens is 260 g/mol. The summed E-state index contributed by atoms with van der Waals surface area (Å²) in [5.74, 6) is 0.782. The molecule has 0 aliphatic rings. The van der Waals surface area contributed by atoms with E-state index in [0.29, 0.717) is 6.42 Å². The molecule has 0 bridgehead atoms. The Balaban J connectivity index is 2.15. The predicted octanol–water partition coefficient (Wildman–Crippen LogP) is 3.94. The molecule has 0 aliphatic carbocycles. The summed E-state index contributed by atoms with van der Waals surface area (Å²) in [5.41, 5.74) is 1.54. The van der Waals surface area contributed by atoms with Crippen LogP contribution in [0.2, 0.25) is 0 Å². The fraction of sp³-hybridized carbons (Fsp3) is 0.231. The van der Waals surface area contributed by atoms with E-state index in [-0.39, 0.29) is 0 Å². The maximum absolute atomic E-state index is 8.63. The summed E-state index contributed by atoms with van der Waals surface area (Å²) < 4.78 is 5.07. The fourth-order valence-electron chi connectivity index (χ4n) is 1.43. The number of ether oxygens (including phenoxy) is 1. The molecule has 0 aliphatic heterocycles. The van der Waals surface area contributed by atoms with Gasteiger partial charge in [-0.05, 0) is 31.2 Å². The van der Waals surface area contributed by atoms with Crippen LogP contribution in [-0.2, 0) is 6.42 Å². The van der Waals surface area contributed by atoms with E-state index in [4.69, 9.17) is 10.00 Å². The number of benzene rings is 1. The lowest BCUT2D eigenvalue weighted by Crippen LogP contribution is -1.79. The normalized spacial score (nSPS) is 10.6. The van der Waals surface area contributed by atoms with Gasteiger partial charge in [0.25, 0.3) is 0 Å². The van der Waals surface area contributed by atoms with Crippen molar-refractivity contribution in [2.24, 2.45) is 10.2 Å². The second-order valence-corrected chi connectivity index (χ2v) is 4.79. The van der Waals surface area contributed by atoms with Crippen LogP contribution in [0.5, 0.6) is 5.75 Å². The average molecular weight is 272 g/mol. The van der Waals surface area contributed by atoms with Crippen LogP contribution in [0.4, 0.5) is 10.7 Å². The minimum absolute atomic E-state index is 0.309. The summed E-state index contributed by atoms with van der Waals surface area (Å²) in [7, 11) is 1.62. The fourth-order valence-corrected chi connectivity index (χ4v) is 2.25. The average Bonchev–Trinajstić information content (AvgIpc) is 2.78. The van der Waals surface area contributed by atoms with Crippen molar-refractivity contribution in [2.45, 2.75) is 13.3 Å². The van der Waals surface area contributed by atoms with E-state index in [9.17, 15) is 0 Å². The van der Waals surface area contributed by atoms with Crippen LogP contribution in [0, 0.1) is 18.3 Å². The molecule has 0 saturated heterocycles. The lowest BCUT2D eigenvalue weighted by molar-refractivity contribution is 0.415. The van der Waals surface area contributed by atoms with E-state index in [1.54, 1.807) is 7.11 Å². The SMILES string of the molecule is COc1ccc(N=Nc2sc(CC#N)nc2C)cc1. The van der Waals surface area contributed by atoms with Crippen molar-refractivity contribution in [3.05, 3.63) is 35.0 Å². The van der Waals surface area contributed by atoms with Crippen LogP contribution < -0.4 is 4.74 Å². The molecule has 0 atom stereocenters. The van der Waals surface area contributed by atoms with Crippen molar-refractivity contribution >= 4 is 22.0 Å². The van der Waals surface area contributed by atoms with Crippen LogP contribution in [0.25, 0.3) is 0 Å². The molecule has 2 aromatic rings. The molecule has 1 aromatic heterocycles. The van der Waals surface area contributed by atoms with E-state index in [1.807, 2.05) is 31.2 Å². The highest BCUT2D eigenvalue weighted by Gasteiger charge is 2.06. The van der Waals surface area contributed by atoms with Gasteiger partial charge in [-0.25, -0.2) is 4.98 Å². The van der Waals surface area contributed by atoms with Gasteiger partial charge in [0.2, 0.25) is 0 Å². The number of hydrogen-bond acceptors (Lipinski definition) is 6. The third kappa shape index (κ3) is 3.36. The monoisotopic (exact) mass is 272 g/mol. The van der Waals surface area contributed by atoms with Gasteiger partial charge in [-0.15, -0.1) is 10.2 Å². The number of rotatable bonds is 4. The number of methoxy groups -OCH3 is 1. The highest BCUT2D eigenvalue weighted by atomic mass is 32.1. The Bertz CT molecular complexity index is 625. The molecule has 0 amide bonds. The first kappa shape index (κ1) is 13.2. The number of thiazole rings is 1. The molecule has 1 aromatic carbocycles. The Morgan fingerprint density at radius 1 is 1.32 bits per heavy atom. The van der Waals surface area contributed by atoms with Gasteiger partial charge < -0.3 is 4.74 Å². The van der Waals surface area contributed by atoms with Gasteiger partial charge in [-0.3, -0.25) is 0 Å². The Morgan fingerprint density at radius 3 is 2.68 bits per heavy atom. The molecule has 96 valence electrons. The first-order chi connectivity index (χ1) is 9.22. The van der Waals surface area contributed by atoms with Crippen LogP contribution in [-0.4, -0.2) is 12.1 Å². The first-order valence-corrected chi connectivity index (χ1v) is 6.43. The summed E-state index contributed by atoms with van der Waals surface area (Å²) >= 11 is 1.39. The molecule has 0 unspecified atom stereocenters. The highest BCUT2D eigenvalue weighted by Crippen LogP contribution is 2.29. The zero-order chi connectivity index (χ0) is 13.7. The van der Waals surface area contributed by atoms with Gasteiger partial charge in [-0.2, -0.15) is 5.26 Å². The molecule has 0 spiro atoms. The van der Waals surface area contributed by atoms with E-state index < -0.39 is 0 Å². The van der Waals surface area contributed by atoms with Gasteiger partial charge in [0.05, 0.1) is 31.0 Å². The van der Waals surface area contributed by atoms with Gasteiger partial charge in [-0.1, -0.05) is 11.3 Å². The summed E-state index contributed by atoms with van der Waals surface area (Å²) in [6.07, 6.45) is 0.309. The van der Waals surface area contributed by atoms with E-state index in [2.05, 4.69) is 21.3 Å². The number of hydrogen-bond donors (Lipinski definition) is 0. The Hall–Kier alpha value is -2.26. The highest BCUT2D eigenvalue weighted by molar-refractivity contribution is 7.15. The molecule has 0 saturated carbocycles. The van der Waals surface area contributed by atoms with Gasteiger partial charge >= 0.3 is 0 Å². The number of aryl methyl sites for hydroxylation is 1. The van der Waals surface area contributed by atoms with Crippen molar-refractivity contribution in [3.8, 4) is 11.8 Å². The molecule has 1 heterocycles. The lowest BCUT2D eigenvalue weighted by atomic mass is 10.3. The molecule has 5 nitrogen and oxygen atoms in total. The van der Waals surface area contributed by atoms with E-state index >= 15 is 0 Å². The first-order valence-electron chi connectivity index (χ1n) is 5.62. The Morgan fingerprint density at radius 2 is 2.05 bits per heavy atom. The molecule has 6 heteroatoms. The number of nitriles is 1. The lowest BCUT2D eigenvalue weighted by Gasteiger charge is -1.97. The van der Waals surface area contributed by atoms with Gasteiger partial charge in [0.1, 0.15) is 10.8 Å². The zero-order valence-electron chi connectivity index (χ0n) is 10.6. The molecule has 19 heavy (non-hydrogen) atoms. The number of azo groups is 1. The maximum atomic E-state index is 8.63. The van der Waals surface area contributed by atoms with Crippen molar-refractivity contribution < 1.29 is 4.74 Å². The molecular formula is C13H12N4OS. The molecule has 2 rings (SSSR count). The third-order valence-electron chi connectivity index (χ3n) is 2.38. The minimum Gasteiger partial charge on any atom is -0.497 e. The smallest absolute Gasteiger partial charge is 0.161 e.